The van der Waals surface area contributed by atoms with Crippen LogP contribution >= 0.6 is 23.2 Å². The molecule has 0 aliphatic rings. The highest BCUT2D eigenvalue weighted by molar-refractivity contribution is 6.40. The number of halogens is 9. The van der Waals surface area contributed by atoms with Gasteiger partial charge in [0, 0.05) is 18.3 Å². The maximum absolute atomic E-state index is 14.2. The molecule has 1 rings (SSSR count). The minimum absolute atomic E-state index is 0.0885. The molecule has 0 spiro atoms. The lowest BCUT2D eigenvalue weighted by atomic mass is 9.92. The van der Waals surface area contributed by atoms with E-state index in [1.165, 1.54) is 13.1 Å². The normalized spacial score (nSPS) is 13.8. The zero-order valence-electron chi connectivity index (χ0n) is 15.0. The fraction of sp³-hybridized carbons (Fsp3) is 0.333. The molecule has 160 valence electrons. The molecule has 1 aromatic rings. The second kappa shape index (κ2) is 8.87. The number of hydrogen-bond donors (Lipinski definition) is 0. The van der Waals surface area contributed by atoms with Gasteiger partial charge in [-0.15, -0.1) is 0 Å². The lowest BCUT2D eigenvalue weighted by Crippen LogP contribution is -2.50. The van der Waals surface area contributed by atoms with E-state index in [1.807, 2.05) is 0 Å². The topological polar surface area (TPSA) is 29.4 Å². The van der Waals surface area contributed by atoms with E-state index in [1.54, 1.807) is 13.0 Å². The molecule has 0 N–H and O–H groups in total. The summed E-state index contributed by atoms with van der Waals surface area (Å²) >= 11 is 11.4. The molecule has 0 radical (unpaired) electrons. The average Bonchev–Trinajstić information content (AvgIpc) is 2.56. The van der Waals surface area contributed by atoms with Gasteiger partial charge in [-0.3, -0.25) is 9.79 Å². The molecule has 0 heterocycles. The van der Waals surface area contributed by atoms with Gasteiger partial charge in [0.25, 0.3) is 0 Å². The molecule has 1 aromatic carbocycles. The van der Waals surface area contributed by atoms with Crippen LogP contribution in [-0.2, 0) is 5.67 Å². The number of aliphatic imine (C=N–C) groups is 1. The average molecular weight is 464 g/mol. The lowest BCUT2D eigenvalue weighted by Gasteiger charge is -2.30. The minimum Gasteiger partial charge on any atom is -0.294 e. The number of carbonyl (C=O) groups is 1. The van der Waals surface area contributed by atoms with Crippen LogP contribution in [0.25, 0.3) is 0 Å². The molecule has 0 amide bonds. The zero-order valence-corrected chi connectivity index (χ0v) is 16.5. The van der Waals surface area contributed by atoms with Gasteiger partial charge in [-0.1, -0.05) is 41.9 Å². The van der Waals surface area contributed by atoms with E-state index in [2.05, 4.69) is 11.6 Å². The summed E-state index contributed by atoms with van der Waals surface area (Å²) in [5, 5.41) is -1.72. The molecule has 0 fully saturated rings. The third-order valence-corrected chi connectivity index (χ3v) is 4.43. The van der Waals surface area contributed by atoms with Crippen molar-refractivity contribution in [2.75, 3.05) is 7.05 Å². The molecular weight excluding hydrogens is 450 g/mol. The first kappa shape index (κ1) is 25.2. The van der Waals surface area contributed by atoms with Crippen LogP contribution < -0.4 is 0 Å². The van der Waals surface area contributed by atoms with Gasteiger partial charge in [0.2, 0.25) is 0 Å². The van der Waals surface area contributed by atoms with Gasteiger partial charge in [0.05, 0.1) is 22.0 Å². The van der Waals surface area contributed by atoms with Crippen LogP contribution in [0.1, 0.15) is 29.3 Å². The maximum atomic E-state index is 14.2. The monoisotopic (exact) mass is 463 g/mol. The van der Waals surface area contributed by atoms with Crippen molar-refractivity contribution in [3.05, 3.63) is 57.6 Å². The molecular formula is C18H14Cl2F7NO. The summed E-state index contributed by atoms with van der Waals surface area (Å²) in [7, 11) is 1.35. The van der Waals surface area contributed by atoms with Crippen molar-refractivity contribution >= 4 is 34.7 Å². The highest BCUT2D eigenvalue weighted by Gasteiger charge is 2.73. The fourth-order valence-electron chi connectivity index (χ4n) is 2.40. The standard InChI is InChI=1S/C18H14Cl2F7NO/c1-4-5-9(2)13(28-3)8-14(29)15-11(19)6-10(7-12(15)20)16(21,17(22,23)24)18(25,26)27/h4-7H,2,8H2,1,3H3. The number of ketones is 1. The number of rotatable bonds is 6. The van der Waals surface area contributed by atoms with Crippen LogP contribution in [0.2, 0.25) is 10.0 Å². The number of hydrogen-bond acceptors (Lipinski definition) is 2. The Morgan fingerprint density at radius 3 is 1.86 bits per heavy atom. The first-order chi connectivity index (χ1) is 13.1. The molecule has 0 atom stereocenters. The molecule has 0 aliphatic carbocycles. The van der Waals surface area contributed by atoms with Gasteiger partial charge in [0.15, 0.2) is 5.78 Å². The summed E-state index contributed by atoms with van der Waals surface area (Å²) in [5.41, 5.74) is -7.62. The Morgan fingerprint density at radius 2 is 1.52 bits per heavy atom. The molecule has 0 aliphatic heterocycles. The number of carbonyl (C=O) groups excluding carboxylic acids is 1. The predicted octanol–water partition coefficient (Wildman–Crippen LogP) is 7.06. The van der Waals surface area contributed by atoms with E-state index >= 15 is 0 Å². The van der Waals surface area contributed by atoms with Crippen LogP contribution in [0, 0.1) is 0 Å². The van der Waals surface area contributed by atoms with Crippen LogP contribution in [0.15, 0.2) is 41.4 Å². The lowest BCUT2D eigenvalue weighted by molar-refractivity contribution is -0.348. The second-order valence-corrected chi connectivity index (χ2v) is 6.58. The van der Waals surface area contributed by atoms with E-state index in [4.69, 9.17) is 23.2 Å². The van der Waals surface area contributed by atoms with E-state index < -0.39 is 51.4 Å². The van der Waals surface area contributed by atoms with Crippen molar-refractivity contribution in [3.8, 4) is 0 Å². The summed E-state index contributed by atoms with van der Waals surface area (Å²) in [6.07, 6.45) is -9.96. The summed E-state index contributed by atoms with van der Waals surface area (Å²) in [6.45, 7) is 5.35. The van der Waals surface area contributed by atoms with Gasteiger partial charge < -0.3 is 0 Å². The Hall–Kier alpha value is -1.87. The highest BCUT2D eigenvalue weighted by atomic mass is 35.5. The van der Waals surface area contributed by atoms with Gasteiger partial charge in [-0.25, -0.2) is 4.39 Å². The number of nitrogens with zero attached hydrogens (tertiary/aromatic N) is 1. The molecule has 0 bridgehead atoms. The molecule has 0 unspecified atom stereocenters. The second-order valence-electron chi connectivity index (χ2n) is 5.76. The minimum atomic E-state index is -6.34. The van der Waals surface area contributed by atoms with Gasteiger partial charge in [-0.05, 0) is 24.6 Å². The molecule has 11 heteroatoms. The van der Waals surface area contributed by atoms with Crippen LogP contribution in [0.3, 0.4) is 0 Å². The highest BCUT2D eigenvalue weighted by Crippen LogP contribution is 2.54. The van der Waals surface area contributed by atoms with Gasteiger partial charge in [-0.2, -0.15) is 26.3 Å². The molecule has 0 saturated carbocycles. The third kappa shape index (κ3) is 5.01. The number of allylic oxidation sites excluding steroid dienone is 3. The first-order valence-electron chi connectivity index (χ1n) is 7.74. The Morgan fingerprint density at radius 1 is 1.07 bits per heavy atom. The number of alkyl halides is 7. The van der Waals surface area contributed by atoms with Gasteiger partial charge in [0.1, 0.15) is 0 Å². The first-order valence-corrected chi connectivity index (χ1v) is 8.50. The maximum Gasteiger partial charge on any atom is 0.435 e. The smallest absolute Gasteiger partial charge is 0.294 e. The van der Waals surface area contributed by atoms with Crippen LogP contribution in [0.5, 0.6) is 0 Å². The SMILES string of the molecule is C=C(C=CC)C(CC(=O)c1c(Cl)cc(C(F)(C(F)(F)F)C(F)(F)F)cc1Cl)=NC. The summed E-state index contributed by atoms with van der Waals surface area (Å²) < 4.78 is 91.6. The largest absolute Gasteiger partial charge is 0.435 e. The quantitative estimate of drug-likeness (QED) is 0.192. The Bertz CT molecular complexity index is 833. The van der Waals surface area contributed by atoms with E-state index in [0.717, 1.165) is 0 Å². The Labute approximate surface area is 171 Å². The Balaban J connectivity index is 3.48. The number of Topliss-reactive ketones (excluding diaryl/α,β-unsaturated/α-hetero) is 1. The van der Waals surface area contributed by atoms with Crippen molar-refractivity contribution in [2.45, 2.75) is 31.4 Å². The Kier molecular flexibility index (Phi) is 7.70. The van der Waals surface area contributed by atoms with Crippen LogP contribution in [-0.4, -0.2) is 30.9 Å². The van der Waals surface area contributed by atoms with Gasteiger partial charge >= 0.3 is 18.0 Å². The van der Waals surface area contributed by atoms with E-state index in [0.29, 0.717) is 5.57 Å². The number of benzene rings is 1. The molecule has 0 aromatic heterocycles. The molecule has 29 heavy (non-hydrogen) atoms. The molecule has 0 saturated heterocycles. The van der Waals surface area contributed by atoms with E-state index in [9.17, 15) is 35.5 Å². The summed E-state index contributed by atoms with van der Waals surface area (Å²) in [4.78, 5) is 16.3. The van der Waals surface area contributed by atoms with Crippen molar-refractivity contribution in [1.82, 2.24) is 0 Å². The third-order valence-electron chi connectivity index (χ3n) is 3.84. The fourth-order valence-corrected chi connectivity index (χ4v) is 3.10. The van der Waals surface area contributed by atoms with Crippen LogP contribution in [0.4, 0.5) is 30.7 Å². The van der Waals surface area contributed by atoms with E-state index in [-0.39, 0.29) is 17.8 Å². The van der Waals surface area contributed by atoms with Crippen molar-refractivity contribution in [2.24, 2.45) is 4.99 Å². The predicted molar refractivity (Wildman–Crippen MR) is 97.6 cm³/mol. The van der Waals surface area contributed by atoms with Crippen molar-refractivity contribution in [3.63, 3.8) is 0 Å². The molecule has 2 nitrogen and oxygen atoms in total. The zero-order chi connectivity index (χ0) is 22.8. The summed E-state index contributed by atoms with van der Waals surface area (Å²) in [5.74, 6) is -0.846. The van der Waals surface area contributed by atoms with Crippen molar-refractivity contribution < 1.29 is 35.5 Å². The van der Waals surface area contributed by atoms with Crippen molar-refractivity contribution in [1.29, 1.82) is 0 Å². The summed E-state index contributed by atoms with van der Waals surface area (Å²) in [6, 6.07) is 0.177.